The monoisotopic (exact) mass is 422 g/mol. The largest absolute Gasteiger partial charge is 0.497 e. The number of hydrogen-bond donors (Lipinski definition) is 0. The predicted molar refractivity (Wildman–Crippen MR) is 116 cm³/mol. The summed E-state index contributed by atoms with van der Waals surface area (Å²) in [6.07, 6.45) is 3.07. The first-order valence-electron chi connectivity index (χ1n) is 9.03. The van der Waals surface area contributed by atoms with E-state index in [4.69, 9.17) is 25.8 Å². The lowest BCUT2D eigenvalue weighted by Crippen LogP contribution is -2.09. The second-order valence-electron chi connectivity index (χ2n) is 6.21. The molecule has 0 aliphatic rings. The molecule has 0 aromatic heterocycles. The second kappa shape index (κ2) is 9.76. The molecule has 0 aliphatic heterocycles. The smallest absolute Gasteiger partial charge is 0.345 e. The van der Waals surface area contributed by atoms with E-state index in [1.54, 1.807) is 79.9 Å². The molecule has 6 heteroatoms. The number of hydrogen-bond acceptors (Lipinski definition) is 5. The normalized spacial score (nSPS) is 10.6. The van der Waals surface area contributed by atoms with Gasteiger partial charge in [0.2, 0.25) is 0 Å². The van der Waals surface area contributed by atoms with Gasteiger partial charge in [-0.25, -0.2) is 4.79 Å². The van der Waals surface area contributed by atoms with E-state index in [1.807, 2.05) is 0 Å². The molecule has 0 aliphatic carbocycles. The molecule has 3 aromatic carbocycles. The lowest BCUT2D eigenvalue weighted by Gasteiger charge is -2.08. The Bertz CT molecular complexity index is 1100. The van der Waals surface area contributed by atoms with Crippen molar-refractivity contribution in [1.29, 1.82) is 0 Å². The molecular formula is C24H19ClO5. The van der Waals surface area contributed by atoms with Gasteiger partial charge in [0.25, 0.3) is 0 Å². The fraction of sp³-hybridized carbons (Fsp3) is 0.0833. The number of esters is 1. The highest BCUT2D eigenvalue weighted by Crippen LogP contribution is 2.26. The van der Waals surface area contributed by atoms with Crippen LogP contribution in [0.15, 0.2) is 72.8 Å². The van der Waals surface area contributed by atoms with Crippen LogP contribution in [0.25, 0.3) is 6.08 Å². The molecule has 0 saturated heterocycles. The second-order valence-corrected chi connectivity index (χ2v) is 6.61. The third-order valence-corrected chi connectivity index (χ3v) is 4.59. The van der Waals surface area contributed by atoms with Crippen molar-refractivity contribution in [2.75, 3.05) is 14.2 Å². The first-order valence-corrected chi connectivity index (χ1v) is 9.41. The number of halogens is 1. The molecule has 152 valence electrons. The van der Waals surface area contributed by atoms with Crippen molar-refractivity contribution in [3.05, 3.63) is 94.5 Å². The SMILES string of the molecule is COc1ccc(C(=O)C=Cc2cccc(OC(=O)c3ccccc3Cl)c2)c(OC)c1. The van der Waals surface area contributed by atoms with Gasteiger partial charge in [-0.3, -0.25) is 4.79 Å². The van der Waals surface area contributed by atoms with Crippen LogP contribution in [0.2, 0.25) is 5.02 Å². The Morgan fingerprint density at radius 2 is 1.63 bits per heavy atom. The van der Waals surface area contributed by atoms with Crippen LogP contribution in [0.1, 0.15) is 26.3 Å². The van der Waals surface area contributed by atoms with E-state index in [0.29, 0.717) is 33.4 Å². The van der Waals surface area contributed by atoms with Crippen LogP contribution in [0.4, 0.5) is 0 Å². The summed E-state index contributed by atoms with van der Waals surface area (Å²) in [5, 5.41) is 0.317. The first kappa shape index (κ1) is 21.1. The summed E-state index contributed by atoms with van der Waals surface area (Å²) in [6.45, 7) is 0. The average Bonchev–Trinajstić information content (AvgIpc) is 2.77. The van der Waals surface area contributed by atoms with Gasteiger partial charge in [0, 0.05) is 6.07 Å². The zero-order chi connectivity index (χ0) is 21.5. The number of methoxy groups -OCH3 is 2. The summed E-state index contributed by atoms with van der Waals surface area (Å²) in [6, 6.07) is 18.5. The molecule has 0 radical (unpaired) electrons. The highest BCUT2D eigenvalue weighted by Gasteiger charge is 2.13. The average molecular weight is 423 g/mol. The topological polar surface area (TPSA) is 61.8 Å². The van der Waals surface area contributed by atoms with E-state index < -0.39 is 5.97 Å². The Balaban J connectivity index is 1.75. The molecule has 0 heterocycles. The van der Waals surface area contributed by atoms with E-state index >= 15 is 0 Å². The van der Waals surface area contributed by atoms with Crippen molar-refractivity contribution in [1.82, 2.24) is 0 Å². The number of carbonyl (C=O) groups is 2. The molecule has 0 fully saturated rings. The Labute approximate surface area is 179 Å². The number of carbonyl (C=O) groups excluding carboxylic acids is 2. The zero-order valence-corrected chi connectivity index (χ0v) is 17.2. The maximum Gasteiger partial charge on any atom is 0.345 e. The maximum atomic E-state index is 12.6. The van der Waals surface area contributed by atoms with Crippen LogP contribution in [0.5, 0.6) is 17.2 Å². The van der Waals surface area contributed by atoms with Crippen molar-refractivity contribution in [2.24, 2.45) is 0 Å². The van der Waals surface area contributed by atoms with Gasteiger partial charge in [0.05, 0.1) is 30.4 Å². The summed E-state index contributed by atoms with van der Waals surface area (Å²) in [5.74, 6) is 0.581. The number of ketones is 1. The zero-order valence-electron chi connectivity index (χ0n) is 16.4. The number of rotatable bonds is 7. The van der Waals surface area contributed by atoms with Gasteiger partial charge in [-0.2, -0.15) is 0 Å². The highest BCUT2D eigenvalue weighted by molar-refractivity contribution is 6.33. The standard InChI is InChI=1S/C24H19ClO5/c1-28-17-11-12-20(23(15-17)29-2)22(26)13-10-16-6-5-7-18(14-16)30-24(27)19-8-3-4-9-21(19)25/h3-15H,1-2H3. The molecule has 0 atom stereocenters. The minimum absolute atomic E-state index is 0.229. The van der Waals surface area contributed by atoms with Gasteiger partial charge < -0.3 is 14.2 Å². The van der Waals surface area contributed by atoms with E-state index in [1.165, 1.54) is 13.2 Å². The number of benzene rings is 3. The Hall–Kier alpha value is -3.57. The minimum Gasteiger partial charge on any atom is -0.497 e. The lowest BCUT2D eigenvalue weighted by molar-refractivity contribution is 0.0734. The molecule has 0 spiro atoms. The number of ether oxygens (including phenoxy) is 3. The van der Waals surface area contributed by atoms with Crippen molar-refractivity contribution < 1.29 is 23.8 Å². The van der Waals surface area contributed by atoms with Gasteiger partial charge in [-0.05, 0) is 48.0 Å². The van der Waals surface area contributed by atoms with Gasteiger partial charge >= 0.3 is 5.97 Å². The van der Waals surface area contributed by atoms with Crippen molar-refractivity contribution in [3.8, 4) is 17.2 Å². The third-order valence-electron chi connectivity index (χ3n) is 4.26. The van der Waals surface area contributed by atoms with Gasteiger partial charge in [0.1, 0.15) is 17.2 Å². The molecule has 3 rings (SSSR count). The maximum absolute atomic E-state index is 12.6. The van der Waals surface area contributed by atoms with E-state index in [0.717, 1.165) is 0 Å². The van der Waals surface area contributed by atoms with E-state index in [9.17, 15) is 9.59 Å². The molecule has 3 aromatic rings. The quantitative estimate of drug-likeness (QED) is 0.218. The van der Waals surface area contributed by atoms with Crippen molar-refractivity contribution >= 4 is 29.4 Å². The van der Waals surface area contributed by atoms with E-state index in [2.05, 4.69) is 0 Å². The van der Waals surface area contributed by atoms with Crippen molar-refractivity contribution in [3.63, 3.8) is 0 Å². The van der Waals surface area contributed by atoms with Gasteiger partial charge in [0.15, 0.2) is 5.78 Å². The number of allylic oxidation sites excluding steroid dienone is 1. The van der Waals surface area contributed by atoms with E-state index in [-0.39, 0.29) is 11.3 Å². The first-order chi connectivity index (χ1) is 14.5. The molecule has 30 heavy (non-hydrogen) atoms. The molecule has 0 N–H and O–H groups in total. The summed E-state index contributed by atoms with van der Waals surface area (Å²) in [4.78, 5) is 24.9. The van der Waals surface area contributed by atoms with Crippen LogP contribution >= 0.6 is 11.6 Å². The summed E-state index contributed by atoms with van der Waals surface area (Å²) < 4.78 is 15.8. The van der Waals surface area contributed by atoms with Crippen LogP contribution < -0.4 is 14.2 Å². The molecule has 0 amide bonds. The van der Waals surface area contributed by atoms with Gasteiger partial charge in [-0.1, -0.05) is 41.9 Å². The fourth-order valence-corrected chi connectivity index (χ4v) is 2.95. The Morgan fingerprint density at radius 3 is 2.37 bits per heavy atom. The highest BCUT2D eigenvalue weighted by atomic mass is 35.5. The van der Waals surface area contributed by atoms with Gasteiger partial charge in [-0.15, -0.1) is 0 Å². The Morgan fingerprint density at radius 1 is 0.833 bits per heavy atom. The molecule has 0 bridgehead atoms. The molecule has 0 saturated carbocycles. The predicted octanol–water partition coefficient (Wildman–Crippen LogP) is 5.47. The van der Waals surface area contributed by atoms with Crippen LogP contribution in [0.3, 0.4) is 0 Å². The fourth-order valence-electron chi connectivity index (χ4n) is 2.73. The van der Waals surface area contributed by atoms with Crippen LogP contribution in [0, 0.1) is 0 Å². The summed E-state index contributed by atoms with van der Waals surface area (Å²) >= 11 is 6.04. The molecular weight excluding hydrogens is 404 g/mol. The molecule has 5 nitrogen and oxygen atoms in total. The summed E-state index contributed by atoms with van der Waals surface area (Å²) in [5.41, 5.74) is 1.39. The Kier molecular flexibility index (Phi) is 6.88. The lowest BCUT2D eigenvalue weighted by atomic mass is 10.1. The summed E-state index contributed by atoms with van der Waals surface area (Å²) in [7, 11) is 3.04. The third kappa shape index (κ3) is 5.07. The molecule has 0 unspecified atom stereocenters. The van der Waals surface area contributed by atoms with Crippen LogP contribution in [-0.2, 0) is 0 Å². The minimum atomic E-state index is -0.555. The van der Waals surface area contributed by atoms with Crippen LogP contribution in [-0.4, -0.2) is 26.0 Å². The van der Waals surface area contributed by atoms with Crippen molar-refractivity contribution in [2.45, 2.75) is 0 Å².